The Balaban J connectivity index is 1.28. The number of carbonyl (C=O) groups excluding carboxylic acids is 1. The molecule has 0 bridgehead atoms. The van der Waals surface area contributed by atoms with Crippen LogP contribution in [0.25, 0.3) is 0 Å². The number of rotatable bonds is 7. The van der Waals surface area contributed by atoms with Crippen LogP contribution in [0.2, 0.25) is 0 Å². The molecule has 5 nitrogen and oxygen atoms in total. The molecule has 2 aliphatic rings. The molecule has 1 saturated carbocycles. The van der Waals surface area contributed by atoms with Gasteiger partial charge in [0.2, 0.25) is 5.91 Å². The molecule has 1 heterocycles. The van der Waals surface area contributed by atoms with Crippen LogP contribution in [0.1, 0.15) is 31.2 Å². The predicted molar refractivity (Wildman–Crippen MR) is 94.8 cm³/mol. The zero-order valence-electron chi connectivity index (χ0n) is 14.1. The third kappa shape index (κ3) is 5.06. The lowest BCUT2D eigenvalue weighted by Crippen LogP contribution is -2.37. The van der Waals surface area contributed by atoms with E-state index in [9.17, 15) is 4.79 Å². The van der Waals surface area contributed by atoms with Crippen LogP contribution in [0, 0.1) is 11.8 Å². The van der Waals surface area contributed by atoms with Crippen LogP contribution in [0.4, 0.5) is 0 Å². The first-order valence-corrected chi connectivity index (χ1v) is 9.00. The summed E-state index contributed by atoms with van der Waals surface area (Å²) in [6, 6.07) is 10.5. The summed E-state index contributed by atoms with van der Waals surface area (Å²) in [5.41, 5.74) is 4.15. The minimum Gasteiger partial charge on any atom is -0.378 e. The van der Waals surface area contributed by atoms with Crippen molar-refractivity contribution in [1.29, 1.82) is 0 Å². The summed E-state index contributed by atoms with van der Waals surface area (Å²) in [4.78, 5) is 12.0. The van der Waals surface area contributed by atoms with E-state index in [1.807, 2.05) is 6.07 Å². The van der Waals surface area contributed by atoms with Crippen molar-refractivity contribution in [3.05, 3.63) is 35.9 Å². The van der Waals surface area contributed by atoms with Gasteiger partial charge in [-0.1, -0.05) is 30.3 Å². The van der Waals surface area contributed by atoms with Gasteiger partial charge in [0, 0.05) is 19.3 Å². The summed E-state index contributed by atoms with van der Waals surface area (Å²) in [5, 5.41) is 6.95. The highest BCUT2D eigenvalue weighted by atomic mass is 16.5. The summed E-state index contributed by atoms with van der Waals surface area (Å²) in [5.74, 6) is 0.557. The lowest BCUT2D eigenvalue weighted by Gasteiger charge is -2.29. The monoisotopic (exact) mass is 329 g/mol. The molecule has 5 heteroatoms. The van der Waals surface area contributed by atoms with Gasteiger partial charge in [0.25, 0.3) is 0 Å². The van der Waals surface area contributed by atoms with Crippen molar-refractivity contribution in [1.82, 2.24) is 10.7 Å². The van der Waals surface area contributed by atoms with E-state index in [-0.39, 0.29) is 11.8 Å². The molecule has 1 atom stereocenters. The lowest BCUT2D eigenvalue weighted by atomic mass is 9.87. The normalized spacial score (nSPS) is 26.1. The Labute approximate surface area is 143 Å². The second-order valence-corrected chi connectivity index (χ2v) is 6.74. The molecular weight excluding hydrogens is 302 g/mol. The predicted octanol–water partition coefficient (Wildman–Crippen LogP) is 2.13. The first-order chi connectivity index (χ1) is 11.8. The quantitative estimate of drug-likeness (QED) is 0.805. The molecule has 0 saturated heterocycles. The number of nitrogens with zero attached hydrogens (tertiary/aromatic N) is 1. The Morgan fingerprint density at radius 3 is 2.71 bits per heavy atom. The minimum absolute atomic E-state index is 0.0879. The summed E-state index contributed by atoms with van der Waals surface area (Å²) in [6.07, 6.45) is 7.51. The fraction of sp³-hybridized carbons (Fsp3) is 0.579. The number of benzene rings is 1. The lowest BCUT2D eigenvalue weighted by molar-refractivity contribution is -0.122. The van der Waals surface area contributed by atoms with Gasteiger partial charge in [0.05, 0.1) is 18.6 Å². The summed E-state index contributed by atoms with van der Waals surface area (Å²) < 4.78 is 6.03. The van der Waals surface area contributed by atoms with E-state index in [2.05, 4.69) is 40.1 Å². The number of nitrogens with one attached hydrogen (secondary N) is 2. The van der Waals surface area contributed by atoms with E-state index >= 15 is 0 Å². The van der Waals surface area contributed by atoms with Gasteiger partial charge in [-0.2, -0.15) is 5.10 Å². The van der Waals surface area contributed by atoms with Crippen LogP contribution < -0.4 is 10.7 Å². The molecular formula is C19H27N3O2. The van der Waals surface area contributed by atoms with Gasteiger partial charge in [0.15, 0.2) is 0 Å². The number of hydrazone groups is 1. The van der Waals surface area contributed by atoms with E-state index < -0.39 is 0 Å². The zero-order valence-corrected chi connectivity index (χ0v) is 14.1. The van der Waals surface area contributed by atoms with Gasteiger partial charge >= 0.3 is 0 Å². The Kier molecular flexibility index (Phi) is 6.24. The molecule has 0 spiro atoms. The molecule has 1 aromatic rings. The highest BCUT2D eigenvalue weighted by Crippen LogP contribution is 2.26. The summed E-state index contributed by atoms with van der Waals surface area (Å²) in [7, 11) is 0. The van der Waals surface area contributed by atoms with Gasteiger partial charge in [-0.05, 0) is 43.6 Å². The molecule has 1 amide bonds. The Morgan fingerprint density at radius 1 is 1.21 bits per heavy atom. The average Bonchev–Trinajstić information content (AvgIpc) is 3.16. The van der Waals surface area contributed by atoms with Crippen molar-refractivity contribution in [2.24, 2.45) is 16.9 Å². The maximum atomic E-state index is 12.0. The minimum atomic E-state index is -0.109. The number of hydrogen-bond acceptors (Lipinski definition) is 4. The molecule has 24 heavy (non-hydrogen) atoms. The van der Waals surface area contributed by atoms with Crippen molar-refractivity contribution in [3.63, 3.8) is 0 Å². The largest absolute Gasteiger partial charge is 0.378 e. The van der Waals surface area contributed by atoms with E-state index in [4.69, 9.17) is 4.74 Å². The molecule has 1 aliphatic carbocycles. The molecule has 0 aromatic heterocycles. The summed E-state index contributed by atoms with van der Waals surface area (Å²) in [6.45, 7) is 2.19. The second-order valence-electron chi connectivity index (χ2n) is 6.74. The van der Waals surface area contributed by atoms with E-state index in [0.717, 1.165) is 45.3 Å². The highest BCUT2D eigenvalue weighted by Gasteiger charge is 2.24. The maximum absolute atomic E-state index is 12.0. The van der Waals surface area contributed by atoms with Gasteiger partial charge in [-0.3, -0.25) is 4.79 Å². The van der Waals surface area contributed by atoms with Gasteiger partial charge < -0.3 is 15.5 Å². The van der Waals surface area contributed by atoms with Gasteiger partial charge in [0.1, 0.15) is 0 Å². The third-order valence-corrected chi connectivity index (χ3v) is 4.94. The molecule has 2 N–H and O–H groups in total. The van der Waals surface area contributed by atoms with Gasteiger partial charge in [-0.15, -0.1) is 0 Å². The van der Waals surface area contributed by atoms with Crippen LogP contribution in [0.15, 0.2) is 35.4 Å². The zero-order chi connectivity index (χ0) is 16.6. The molecule has 0 radical (unpaired) electrons. The standard InChI is InChI=1S/C19H27N3O2/c23-19(17-13-21-22-14-17)20-12-16-6-8-18(9-7-16)24-11-10-15-4-2-1-3-5-15/h1-5,13,16-18,22H,6-12,14H2,(H,20,23)/t16-,17?,18+. The van der Waals surface area contributed by atoms with Crippen molar-refractivity contribution in [2.45, 2.75) is 38.2 Å². The van der Waals surface area contributed by atoms with E-state index in [0.29, 0.717) is 18.6 Å². The van der Waals surface area contributed by atoms with Crippen molar-refractivity contribution < 1.29 is 9.53 Å². The smallest absolute Gasteiger partial charge is 0.230 e. The van der Waals surface area contributed by atoms with Crippen LogP contribution in [-0.4, -0.2) is 37.9 Å². The Hall–Kier alpha value is -1.88. The molecule has 1 fully saturated rings. The fourth-order valence-corrected chi connectivity index (χ4v) is 3.37. The first kappa shape index (κ1) is 17.0. The van der Waals surface area contributed by atoms with Crippen LogP contribution >= 0.6 is 0 Å². The second kappa shape index (κ2) is 8.83. The van der Waals surface area contributed by atoms with Crippen LogP contribution in [-0.2, 0) is 16.0 Å². The van der Waals surface area contributed by atoms with Crippen molar-refractivity contribution in [2.75, 3.05) is 19.7 Å². The van der Waals surface area contributed by atoms with Crippen LogP contribution in [0.3, 0.4) is 0 Å². The SMILES string of the molecule is O=C(NC[C@H]1CC[C@@H](OCCc2ccccc2)CC1)C1C=NNC1. The molecule has 1 unspecified atom stereocenters. The number of amides is 1. The molecule has 1 aliphatic heterocycles. The third-order valence-electron chi connectivity index (χ3n) is 4.94. The van der Waals surface area contributed by atoms with E-state index in [1.165, 1.54) is 5.56 Å². The Morgan fingerprint density at radius 2 is 2.00 bits per heavy atom. The van der Waals surface area contributed by atoms with Crippen molar-refractivity contribution in [3.8, 4) is 0 Å². The number of ether oxygens (including phenoxy) is 1. The molecule has 1 aromatic carbocycles. The van der Waals surface area contributed by atoms with Crippen LogP contribution in [0.5, 0.6) is 0 Å². The van der Waals surface area contributed by atoms with E-state index in [1.54, 1.807) is 6.21 Å². The topological polar surface area (TPSA) is 62.7 Å². The number of hydrogen-bond donors (Lipinski definition) is 2. The first-order valence-electron chi connectivity index (χ1n) is 9.00. The Bertz CT molecular complexity index is 539. The molecule has 130 valence electrons. The average molecular weight is 329 g/mol. The fourth-order valence-electron chi connectivity index (χ4n) is 3.37. The number of carbonyl (C=O) groups is 1. The highest BCUT2D eigenvalue weighted by molar-refractivity contribution is 5.94. The van der Waals surface area contributed by atoms with Gasteiger partial charge in [-0.25, -0.2) is 0 Å². The molecule has 3 rings (SSSR count). The summed E-state index contributed by atoms with van der Waals surface area (Å²) >= 11 is 0. The van der Waals surface area contributed by atoms with Crippen molar-refractivity contribution >= 4 is 12.1 Å². The maximum Gasteiger partial charge on any atom is 0.230 e.